The van der Waals surface area contributed by atoms with Crippen molar-refractivity contribution in [1.82, 2.24) is 0 Å². The zero-order valence-corrected chi connectivity index (χ0v) is 7.09. The van der Waals surface area contributed by atoms with Crippen molar-refractivity contribution in [3.05, 3.63) is 6.42 Å². The van der Waals surface area contributed by atoms with Gasteiger partial charge in [-0.15, -0.1) is 0 Å². The van der Waals surface area contributed by atoms with Crippen LogP contribution in [0.2, 0.25) is 0 Å². The van der Waals surface area contributed by atoms with Crippen LogP contribution in [0.4, 0.5) is 0 Å². The predicted octanol–water partition coefficient (Wildman–Crippen LogP) is 2.00. The number of rotatable bonds is 6. The van der Waals surface area contributed by atoms with Gasteiger partial charge in [-0.25, -0.2) is 0 Å². The topological polar surface area (TPSA) is 18.5 Å². The van der Waals surface area contributed by atoms with Crippen LogP contribution in [0.25, 0.3) is 0 Å². The Morgan fingerprint density at radius 3 is 2.00 bits per heavy atom. The number of ether oxygens (including phenoxy) is 2. The van der Waals surface area contributed by atoms with E-state index in [-0.39, 0.29) is 6.29 Å². The minimum Gasteiger partial charge on any atom is -0.353 e. The molecule has 0 N–H and O–H groups in total. The van der Waals surface area contributed by atoms with Gasteiger partial charge < -0.3 is 9.47 Å². The molecule has 0 spiro atoms. The zero-order valence-electron chi connectivity index (χ0n) is 7.09. The van der Waals surface area contributed by atoms with Crippen LogP contribution in [0.5, 0.6) is 0 Å². The van der Waals surface area contributed by atoms with E-state index in [9.17, 15) is 0 Å². The van der Waals surface area contributed by atoms with Crippen LogP contribution in [-0.2, 0) is 9.47 Å². The Bertz CT molecular complexity index is 50.0. The first kappa shape index (κ1) is 9.92. The molecule has 10 heavy (non-hydrogen) atoms. The SMILES string of the molecule is C[CH]CC(OCC)OCC. The van der Waals surface area contributed by atoms with Gasteiger partial charge in [0.25, 0.3) is 0 Å². The summed E-state index contributed by atoms with van der Waals surface area (Å²) in [6.07, 6.45) is 2.90. The molecule has 0 unspecified atom stereocenters. The lowest BCUT2D eigenvalue weighted by molar-refractivity contribution is -0.134. The van der Waals surface area contributed by atoms with E-state index >= 15 is 0 Å². The van der Waals surface area contributed by atoms with E-state index < -0.39 is 0 Å². The Labute approximate surface area is 63.5 Å². The molecule has 0 heterocycles. The van der Waals surface area contributed by atoms with Crippen LogP contribution in [0.3, 0.4) is 0 Å². The summed E-state index contributed by atoms with van der Waals surface area (Å²) in [6, 6.07) is 0. The second kappa shape index (κ2) is 7.03. The third-order valence-corrected chi connectivity index (χ3v) is 1.13. The van der Waals surface area contributed by atoms with E-state index in [2.05, 4.69) is 6.42 Å². The molecule has 0 aromatic carbocycles. The van der Waals surface area contributed by atoms with E-state index in [4.69, 9.17) is 9.47 Å². The summed E-state index contributed by atoms with van der Waals surface area (Å²) in [6.45, 7) is 7.39. The molecule has 1 radical (unpaired) electrons. The van der Waals surface area contributed by atoms with Gasteiger partial charge in [-0.05, 0) is 20.3 Å². The average molecular weight is 145 g/mol. The smallest absolute Gasteiger partial charge is 0.157 e. The van der Waals surface area contributed by atoms with Crippen molar-refractivity contribution in [2.24, 2.45) is 0 Å². The minimum absolute atomic E-state index is 0.0278. The van der Waals surface area contributed by atoms with Crippen LogP contribution in [0.15, 0.2) is 0 Å². The molecular weight excluding hydrogens is 128 g/mol. The summed E-state index contributed by atoms with van der Waals surface area (Å²) >= 11 is 0. The van der Waals surface area contributed by atoms with Crippen LogP contribution in [-0.4, -0.2) is 19.5 Å². The lowest BCUT2D eigenvalue weighted by atomic mass is 10.3. The second-order valence-corrected chi connectivity index (χ2v) is 1.98. The van der Waals surface area contributed by atoms with E-state index in [1.165, 1.54) is 0 Å². The van der Waals surface area contributed by atoms with Gasteiger partial charge in [-0.3, -0.25) is 0 Å². The Balaban J connectivity index is 3.30. The maximum Gasteiger partial charge on any atom is 0.157 e. The molecule has 0 saturated heterocycles. The predicted molar refractivity (Wildman–Crippen MR) is 41.6 cm³/mol. The highest BCUT2D eigenvalue weighted by atomic mass is 16.7. The van der Waals surface area contributed by atoms with E-state index in [1.54, 1.807) is 0 Å². The van der Waals surface area contributed by atoms with E-state index in [0.717, 1.165) is 19.6 Å². The highest BCUT2D eigenvalue weighted by Crippen LogP contribution is 2.02. The first-order chi connectivity index (χ1) is 4.85. The van der Waals surface area contributed by atoms with Crippen molar-refractivity contribution >= 4 is 0 Å². The molecule has 0 saturated carbocycles. The molecule has 0 aromatic rings. The highest BCUT2D eigenvalue weighted by molar-refractivity contribution is 4.58. The van der Waals surface area contributed by atoms with Crippen molar-refractivity contribution in [2.45, 2.75) is 33.5 Å². The van der Waals surface area contributed by atoms with Gasteiger partial charge in [0, 0.05) is 19.6 Å². The fourth-order valence-corrected chi connectivity index (χ4v) is 0.748. The maximum atomic E-state index is 5.27. The van der Waals surface area contributed by atoms with Crippen LogP contribution in [0, 0.1) is 6.42 Å². The lowest BCUT2D eigenvalue weighted by Gasteiger charge is -2.14. The second-order valence-electron chi connectivity index (χ2n) is 1.98. The Morgan fingerprint density at radius 1 is 1.20 bits per heavy atom. The van der Waals surface area contributed by atoms with Crippen LogP contribution in [0.1, 0.15) is 27.2 Å². The molecular formula is C8H17O2. The van der Waals surface area contributed by atoms with Crippen molar-refractivity contribution in [1.29, 1.82) is 0 Å². The first-order valence-corrected chi connectivity index (χ1v) is 3.86. The average Bonchev–Trinajstić information content (AvgIpc) is 1.90. The molecule has 0 aromatic heterocycles. The molecule has 0 amide bonds. The largest absolute Gasteiger partial charge is 0.353 e. The van der Waals surface area contributed by atoms with Gasteiger partial charge in [0.1, 0.15) is 0 Å². The molecule has 0 aliphatic rings. The quantitative estimate of drug-likeness (QED) is 0.532. The monoisotopic (exact) mass is 145 g/mol. The first-order valence-electron chi connectivity index (χ1n) is 3.86. The van der Waals surface area contributed by atoms with Gasteiger partial charge in [-0.2, -0.15) is 0 Å². The van der Waals surface area contributed by atoms with Gasteiger partial charge in [0.15, 0.2) is 6.29 Å². The maximum absolute atomic E-state index is 5.27. The van der Waals surface area contributed by atoms with E-state index in [0.29, 0.717) is 0 Å². The van der Waals surface area contributed by atoms with Crippen LogP contribution < -0.4 is 0 Å². The Kier molecular flexibility index (Phi) is 6.98. The Hall–Kier alpha value is -0.0800. The zero-order chi connectivity index (χ0) is 7.82. The third kappa shape index (κ3) is 4.77. The fraction of sp³-hybridized carbons (Fsp3) is 0.875. The Morgan fingerprint density at radius 2 is 1.70 bits per heavy atom. The standard InChI is InChI=1S/C8H17O2/c1-4-7-8(9-5-2)10-6-3/h4,8H,5-7H2,1-3H3. The summed E-state index contributed by atoms with van der Waals surface area (Å²) in [5.41, 5.74) is 0. The number of hydrogen-bond acceptors (Lipinski definition) is 2. The van der Waals surface area contributed by atoms with Crippen LogP contribution >= 0.6 is 0 Å². The van der Waals surface area contributed by atoms with Crippen molar-refractivity contribution in [3.8, 4) is 0 Å². The highest BCUT2D eigenvalue weighted by Gasteiger charge is 2.04. The molecule has 0 bridgehead atoms. The van der Waals surface area contributed by atoms with Gasteiger partial charge >= 0.3 is 0 Å². The molecule has 0 aliphatic carbocycles. The van der Waals surface area contributed by atoms with Crippen molar-refractivity contribution in [2.75, 3.05) is 13.2 Å². The van der Waals surface area contributed by atoms with Gasteiger partial charge in [-0.1, -0.05) is 6.92 Å². The summed E-state index contributed by atoms with van der Waals surface area (Å²) in [7, 11) is 0. The molecule has 61 valence electrons. The van der Waals surface area contributed by atoms with E-state index in [1.807, 2.05) is 20.8 Å². The summed E-state index contributed by atoms with van der Waals surface area (Å²) in [4.78, 5) is 0. The third-order valence-electron chi connectivity index (χ3n) is 1.13. The van der Waals surface area contributed by atoms with Gasteiger partial charge in [0.2, 0.25) is 0 Å². The summed E-state index contributed by atoms with van der Waals surface area (Å²) < 4.78 is 10.5. The number of hydrogen-bond donors (Lipinski definition) is 0. The molecule has 0 atom stereocenters. The fourth-order valence-electron chi connectivity index (χ4n) is 0.748. The van der Waals surface area contributed by atoms with Crippen molar-refractivity contribution in [3.63, 3.8) is 0 Å². The normalized spacial score (nSPS) is 10.8. The molecule has 2 nitrogen and oxygen atoms in total. The summed E-state index contributed by atoms with van der Waals surface area (Å²) in [5.74, 6) is 0. The van der Waals surface area contributed by atoms with Crippen molar-refractivity contribution < 1.29 is 9.47 Å². The summed E-state index contributed by atoms with van der Waals surface area (Å²) in [5, 5.41) is 0. The molecule has 0 aliphatic heterocycles. The van der Waals surface area contributed by atoms with Gasteiger partial charge in [0.05, 0.1) is 0 Å². The molecule has 0 rings (SSSR count). The lowest BCUT2D eigenvalue weighted by Crippen LogP contribution is -2.16. The molecule has 2 heteroatoms. The minimum atomic E-state index is -0.0278. The molecule has 0 fully saturated rings.